The van der Waals surface area contributed by atoms with E-state index in [4.69, 9.17) is 26.1 Å². The predicted molar refractivity (Wildman–Crippen MR) is 152 cm³/mol. The van der Waals surface area contributed by atoms with Crippen molar-refractivity contribution in [2.24, 2.45) is 10.9 Å². The number of hydrogen-bond acceptors (Lipinski definition) is 10. The normalized spacial score (nSPS) is 20.5. The number of halogens is 3. The number of methoxy groups -OCH3 is 1. The zero-order valence-corrected chi connectivity index (χ0v) is 24.7. The Hall–Kier alpha value is -3.77. The number of carbonyl (C=O) groups excluding carboxylic acids is 2. The van der Waals surface area contributed by atoms with Gasteiger partial charge in [0.05, 0.1) is 24.3 Å². The van der Waals surface area contributed by atoms with Crippen LogP contribution in [0.1, 0.15) is 77.0 Å². The third-order valence-electron chi connectivity index (χ3n) is 7.43. The lowest BCUT2D eigenvalue weighted by molar-refractivity contribution is -0.136. The number of ether oxygens (including phenoxy) is 2. The van der Waals surface area contributed by atoms with Gasteiger partial charge in [-0.3, -0.25) is 4.99 Å². The highest BCUT2D eigenvalue weighted by atomic mass is 35.5. The van der Waals surface area contributed by atoms with Crippen molar-refractivity contribution in [3.05, 3.63) is 85.5 Å². The van der Waals surface area contributed by atoms with Crippen molar-refractivity contribution in [1.29, 1.82) is 0 Å². The van der Waals surface area contributed by atoms with Crippen molar-refractivity contribution in [3.8, 4) is 0 Å². The molecule has 1 fully saturated rings. The Balaban J connectivity index is 1.50. The summed E-state index contributed by atoms with van der Waals surface area (Å²) in [7, 11) is 1.25. The lowest BCUT2D eigenvalue weighted by Gasteiger charge is -2.35. The molecule has 0 radical (unpaired) electrons. The van der Waals surface area contributed by atoms with Crippen molar-refractivity contribution >= 4 is 40.7 Å². The molecule has 5 rings (SSSR count). The molecule has 0 saturated heterocycles. The van der Waals surface area contributed by atoms with Crippen LogP contribution in [0, 0.1) is 24.5 Å². The quantitative estimate of drug-likeness (QED) is 0.260. The van der Waals surface area contributed by atoms with Gasteiger partial charge < -0.3 is 14.8 Å². The van der Waals surface area contributed by atoms with Crippen LogP contribution < -0.4 is 5.32 Å². The molecule has 0 bridgehead atoms. The summed E-state index contributed by atoms with van der Waals surface area (Å²) in [6, 6.07) is 1.23. The van der Waals surface area contributed by atoms with Crippen LogP contribution in [-0.2, 0) is 14.3 Å². The van der Waals surface area contributed by atoms with E-state index in [-0.39, 0.29) is 35.3 Å². The van der Waals surface area contributed by atoms with E-state index in [0.29, 0.717) is 53.6 Å². The van der Waals surface area contributed by atoms with Gasteiger partial charge in [0.2, 0.25) is 0 Å². The summed E-state index contributed by atoms with van der Waals surface area (Å²) in [6.45, 7) is 3.75. The summed E-state index contributed by atoms with van der Waals surface area (Å²) >= 11 is 7.61. The molecule has 2 aliphatic rings. The number of benzene rings is 1. The van der Waals surface area contributed by atoms with Gasteiger partial charge in [-0.05, 0) is 51.5 Å². The van der Waals surface area contributed by atoms with Crippen molar-refractivity contribution in [2.75, 3.05) is 13.7 Å². The van der Waals surface area contributed by atoms with Gasteiger partial charge in [-0.25, -0.2) is 33.3 Å². The number of aliphatic imine (C=N–C) groups is 1. The molecule has 220 valence electrons. The van der Waals surface area contributed by atoms with Gasteiger partial charge >= 0.3 is 11.9 Å². The Kier molecular flexibility index (Phi) is 8.93. The van der Waals surface area contributed by atoms with E-state index in [9.17, 15) is 18.4 Å². The van der Waals surface area contributed by atoms with Gasteiger partial charge in [0.1, 0.15) is 11.9 Å². The van der Waals surface area contributed by atoms with Gasteiger partial charge in [0, 0.05) is 40.5 Å². The average Bonchev–Trinajstić information content (AvgIpc) is 3.55. The van der Waals surface area contributed by atoms with Crippen LogP contribution in [0.2, 0.25) is 5.02 Å². The van der Waals surface area contributed by atoms with Crippen LogP contribution in [0.25, 0.3) is 0 Å². The molecule has 0 spiro atoms. The first-order valence-electron chi connectivity index (χ1n) is 13.4. The molecule has 1 aromatic carbocycles. The van der Waals surface area contributed by atoms with Gasteiger partial charge in [-0.2, -0.15) is 0 Å². The van der Waals surface area contributed by atoms with E-state index in [1.165, 1.54) is 24.5 Å². The number of nitrogens with zero attached hydrogens (tertiary/aromatic N) is 4. The molecular weight excluding hydrogens is 588 g/mol. The molecule has 3 aromatic rings. The first-order chi connectivity index (χ1) is 20.2. The number of aryl methyl sites for hydroxylation is 1. The summed E-state index contributed by atoms with van der Waals surface area (Å²) < 4.78 is 38.8. The van der Waals surface area contributed by atoms with E-state index in [1.807, 2.05) is 0 Å². The highest BCUT2D eigenvalue weighted by Crippen LogP contribution is 2.43. The zero-order chi connectivity index (χ0) is 30.0. The molecule has 0 amide bonds. The number of thiazole rings is 1. The second-order valence-corrected chi connectivity index (χ2v) is 11.2. The third kappa shape index (κ3) is 5.78. The maximum atomic E-state index is 14.6. The highest BCUT2D eigenvalue weighted by molar-refractivity contribution is 7.11. The fraction of sp³-hybridized carbons (Fsp3) is 0.379. The Morgan fingerprint density at radius 3 is 2.52 bits per heavy atom. The number of aromatic nitrogens is 3. The van der Waals surface area contributed by atoms with Crippen LogP contribution >= 0.6 is 22.9 Å². The molecule has 1 N–H and O–H groups in total. The minimum Gasteiger partial charge on any atom is -0.466 e. The summed E-state index contributed by atoms with van der Waals surface area (Å²) in [5.74, 6) is -2.65. The number of esters is 2. The molecule has 1 atom stereocenters. The van der Waals surface area contributed by atoms with Crippen LogP contribution in [0.15, 0.2) is 46.2 Å². The van der Waals surface area contributed by atoms with Crippen LogP contribution in [0.3, 0.4) is 0 Å². The first kappa shape index (κ1) is 29.7. The number of carbonyl (C=O) groups is 2. The van der Waals surface area contributed by atoms with Gasteiger partial charge in [0.25, 0.3) is 0 Å². The summed E-state index contributed by atoms with van der Waals surface area (Å²) in [5, 5.41) is 5.20. The highest BCUT2D eigenvalue weighted by Gasteiger charge is 2.38. The Labute approximate surface area is 250 Å². The van der Waals surface area contributed by atoms with E-state index in [1.54, 1.807) is 31.6 Å². The molecule has 3 heterocycles. The smallest absolute Gasteiger partial charge is 0.357 e. The monoisotopic (exact) mass is 615 g/mol. The van der Waals surface area contributed by atoms with Crippen molar-refractivity contribution in [3.63, 3.8) is 0 Å². The predicted octanol–water partition coefficient (Wildman–Crippen LogP) is 5.84. The summed E-state index contributed by atoms with van der Waals surface area (Å²) in [5.41, 5.74) is 1.77. The largest absolute Gasteiger partial charge is 0.466 e. The Bertz CT molecular complexity index is 1570. The van der Waals surface area contributed by atoms with Crippen LogP contribution in [0.4, 0.5) is 8.78 Å². The standard InChI is InChI=1S/C29H28ClF2N5O4S/c1-4-41-29(39)22-14(2)13-34-25(35-22)16-7-5-15(6-8-16)23-19(28(38)40-3)24(17-9-10-18(31)21(32)20(17)30)37-26(36-23)27-33-11-12-42-27/h9-13,15-16,24H,4-8H2,1-3H3,(H,36,37). The molecule has 13 heteroatoms. The molecule has 1 saturated carbocycles. The van der Waals surface area contributed by atoms with Gasteiger partial charge in [-0.15, -0.1) is 11.3 Å². The number of nitrogens with one attached hydrogen (secondary N) is 1. The van der Waals surface area contributed by atoms with E-state index in [0.717, 1.165) is 6.07 Å². The summed E-state index contributed by atoms with van der Waals surface area (Å²) in [4.78, 5) is 43.7. The van der Waals surface area contributed by atoms with Crippen LogP contribution in [0.5, 0.6) is 0 Å². The van der Waals surface area contributed by atoms with Gasteiger partial charge in [0.15, 0.2) is 28.2 Å². The number of amidine groups is 1. The van der Waals surface area contributed by atoms with Crippen LogP contribution in [-0.4, -0.2) is 46.4 Å². The third-order valence-corrected chi connectivity index (χ3v) is 8.60. The fourth-order valence-electron chi connectivity index (χ4n) is 5.35. The van der Waals surface area contributed by atoms with E-state index < -0.39 is 34.6 Å². The fourth-order valence-corrected chi connectivity index (χ4v) is 6.19. The molecule has 2 aromatic heterocycles. The van der Waals surface area contributed by atoms with Gasteiger partial charge in [-0.1, -0.05) is 17.7 Å². The Morgan fingerprint density at radius 1 is 1.12 bits per heavy atom. The maximum absolute atomic E-state index is 14.6. The zero-order valence-electron chi connectivity index (χ0n) is 23.1. The topological polar surface area (TPSA) is 116 Å². The Morgan fingerprint density at radius 2 is 1.86 bits per heavy atom. The average molecular weight is 616 g/mol. The minimum absolute atomic E-state index is 0.00988. The van der Waals surface area contributed by atoms with Crippen molar-refractivity contribution in [1.82, 2.24) is 20.3 Å². The molecule has 1 aliphatic carbocycles. The molecular formula is C29H28ClF2N5O4S. The second kappa shape index (κ2) is 12.6. The summed E-state index contributed by atoms with van der Waals surface area (Å²) in [6.07, 6.45) is 5.89. The molecule has 1 aliphatic heterocycles. The molecule has 9 nitrogen and oxygen atoms in total. The number of allylic oxidation sites excluding steroid dienone is 1. The molecule has 42 heavy (non-hydrogen) atoms. The second-order valence-electron chi connectivity index (χ2n) is 9.95. The number of hydrogen-bond donors (Lipinski definition) is 1. The SMILES string of the molecule is CCOC(=O)c1nc(C2CCC(C3=C(C(=O)OC)C(c4ccc(F)c(F)c4Cl)N=C(c4nccs4)N3)CC2)ncc1C. The first-order valence-corrected chi connectivity index (χ1v) is 14.7. The van der Waals surface area contributed by atoms with E-state index in [2.05, 4.69) is 20.3 Å². The molecule has 1 unspecified atom stereocenters. The van der Waals surface area contributed by atoms with Crippen molar-refractivity contribution < 1.29 is 27.8 Å². The van der Waals surface area contributed by atoms with E-state index >= 15 is 0 Å². The number of rotatable bonds is 7. The lowest BCUT2D eigenvalue weighted by atomic mass is 9.77. The maximum Gasteiger partial charge on any atom is 0.357 e. The lowest BCUT2D eigenvalue weighted by Crippen LogP contribution is -2.37. The van der Waals surface area contributed by atoms with Crippen molar-refractivity contribution in [2.45, 2.75) is 51.5 Å². The minimum atomic E-state index is -1.22.